The largest absolute Gasteiger partial charge is 0.493 e. The predicted octanol–water partition coefficient (Wildman–Crippen LogP) is 4.12. The minimum Gasteiger partial charge on any atom is -0.493 e. The summed E-state index contributed by atoms with van der Waals surface area (Å²) in [7, 11) is 1.57. The van der Waals surface area contributed by atoms with Crippen LogP contribution in [0.4, 0.5) is 0 Å². The Labute approximate surface area is 184 Å². The standard InChI is InChI=1S/C25H33NO5/c1-4-30-21-7-5-17(12-22(21)29-3)6-8-23(27)31-16(2)24(28)26-25-13-18-9-19(14-25)11-20(10-18)15-25/h5-8,12,16,18-20H,4,9-11,13-15H2,1-3H3,(H,26,28)/b8-6+/t16-,18?,19?,20?,25?/m0/s1. The van der Waals surface area contributed by atoms with Crippen LogP contribution in [-0.2, 0) is 14.3 Å². The van der Waals surface area contributed by atoms with Gasteiger partial charge in [-0.3, -0.25) is 4.79 Å². The SMILES string of the molecule is CCOc1ccc(/C=C/C(=O)O[C@@H](C)C(=O)NC23CC4CC(CC(C4)C2)C3)cc1OC. The van der Waals surface area contributed by atoms with Crippen LogP contribution < -0.4 is 14.8 Å². The Hall–Kier alpha value is -2.50. The van der Waals surface area contributed by atoms with Crippen molar-refractivity contribution in [2.45, 2.75) is 64.0 Å². The van der Waals surface area contributed by atoms with Gasteiger partial charge in [-0.25, -0.2) is 4.79 Å². The van der Waals surface area contributed by atoms with Crippen molar-refractivity contribution < 1.29 is 23.8 Å². The zero-order chi connectivity index (χ0) is 22.0. The normalized spacial score (nSPS) is 29.6. The minimum atomic E-state index is -0.819. The van der Waals surface area contributed by atoms with Gasteiger partial charge < -0.3 is 19.5 Å². The molecule has 0 saturated heterocycles. The van der Waals surface area contributed by atoms with Crippen molar-refractivity contribution in [3.05, 3.63) is 29.8 Å². The number of benzene rings is 1. The molecule has 6 heteroatoms. The molecule has 0 aliphatic heterocycles. The molecule has 168 valence electrons. The number of carbonyl (C=O) groups is 2. The Morgan fingerprint density at radius 1 is 1.13 bits per heavy atom. The number of esters is 1. The molecule has 0 spiro atoms. The van der Waals surface area contributed by atoms with E-state index in [1.165, 1.54) is 25.3 Å². The first kappa shape index (κ1) is 21.7. The average Bonchev–Trinajstić information content (AvgIpc) is 2.71. The highest BCUT2D eigenvalue weighted by Crippen LogP contribution is 2.55. The first-order valence-electron chi connectivity index (χ1n) is 11.4. The summed E-state index contributed by atoms with van der Waals surface area (Å²) in [5.74, 6) is 2.77. The Morgan fingerprint density at radius 3 is 2.35 bits per heavy atom. The molecule has 4 bridgehead atoms. The molecule has 31 heavy (non-hydrogen) atoms. The van der Waals surface area contributed by atoms with Gasteiger partial charge in [-0.2, -0.15) is 0 Å². The number of ether oxygens (including phenoxy) is 3. The highest BCUT2D eigenvalue weighted by molar-refractivity contribution is 5.90. The quantitative estimate of drug-likeness (QED) is 0.499. The van der Waals surface area contributed by atoms with Crippen molar-refractivity contribution in [3.8, 4) is 11.5 Å². The van der Waals surface area contributed by atoms with E-state index in [-0.39, 0.29) is 11.4 Å². The number of rotatable bonds is 8. The number of carbonyl (C=O) groups excluding carboxylic acids is 2. The molecule has 0 heterocycles. The van der Waals surface area contributed by atoms with E-state index in [4.69, 9.17) is 14.2 Å². The van der Waals surface area contributed by atoms with Crippen LogP contribution in [0.2, 0.25) is 0 Å². The number of hydrogen-bond donors (Lipinski definition) is 1. The molecule has 4 saturated carbocycles. The molecular formula is C25H33NO5. The van der Waals surface area contributed by atoms with Crippen LogP contribution in [0.15, 0.2) is 24.3 Å². The van der Waals surface area contributed by atoms with Crippen LogP contribution in [0, 0.1) is 17.8 Å². The highest BCUT2D eigenvalue weighted by atomic mass is 16.5. The first-order valence-corrected chi connectivity index (χ1v) is 11.4. The fourth-order valence-electron chi connectivity index (χ4n) is 6.12. The monoisotopic (exact) mass is 427 g/mol. The zero-order valence-corrected chi connectivity index (χ0v) is 18.7. The van der Waals surface area contributed by atoms with Crippen molar-refractivity contribution in [2.24, 2.45) is 17.8 Å². The van der Waals surface area contributed by atoms with Crippen LogP contribution in [0.1, 0.15) is 57.9 Å². The lowest BCUT2D eigenvalue weighted by molar-refractivity contribution is -0.152. The summed E-state index contributed by atoms with van der Waals surface area (Å²) in [6.45, 7) is 4.09. The molecule has 4 aliphatic rings. The Kier molecular flexibility index (Phi) is 6.26. The molecule has 1 atom stereocenters. The average molecular weight is 428 g/mol. The third kappa shape index (κ3) is 4.89. The van der Waals surface area contributed by atoms with Gasteiger partial charge in [0.05, 0.1) is 13.7 Å². The Balaban J connectivity index is 1.32. The van der Waals surface area contributed by atoms with Gasteiger partial charge in [0.1, 0.15) is 0 Å². The maximum atomic E-state index is 12.8. The maximum absolute atomic E-state index is 12.8. The van der Waals surface area contributed by atoms with Crippen molar-refractivity contribution >= 4 is 18.0 Å². The summed E-state index contributed by atoms with van der Waals surface area (Å²) in [5, 5.41) is 3.27. The predicted molar refractivity (Wildman–Crippen MR) is 118 cm³/mol. The van der Waals surface area contributed by atoms with E-state index >= 15 is 0 Å². The lowest BCUT2D eigenvalue weighted by Crippen LogP contribution is -2.61. The molecule has 4 aliphatic carbocycles. The third-order valence-electron chi connectivity index (χ3n) is 6.99. The van der Waals surface area contributed by atoms with E-state index in [2.05, 4.69) is 5.32 Å². The molecule has 1 aromatic carbocycles. The summed E-state index contributed by atoms with van der Waals surface area (Å²) in [6.07, 6.45) is 9.34. The smallest absolute Gasteiger partial charge is 0.331 e. The Morgan fingerprint density at radius 2 is 1.77 bits per heavy atom. The van der Waals surface area contributed by atoms with Crippen LogP contribution in [0.25, 0.3) is 6.08 Å². The minimum absolute atomic E-state index is 0.0821. The number of nitrogens with one attached hydrogen (secondary N) is 1. The van der Waals surface area contributed by atoms with Crippen molar-refractivity contribution in [3.63, 3.8) is 0 Å². The number of hydrogen-bond acceptors (Lipinski definition) is 5. The summed E-state index contributed by atoms with van der Waals surface area (Å²) in [5.41, 5.74) is 0.698. The second kappa shape index (κ2) is 8.93. The summed E-state index contributed by atoms with van der Waals surface area (Å²) < 4.78 is 16.2. The van der Waals surface area contributed by atoms with E-state index in [9.17, 15) is 9.59 Å². The van der Waals surface area contributed by atoms with E-state index in [1.807, 2.05) is 13.0 Å². The molecule has 1 aromatic rings. The highest BCUT2D eigenvalue weighted by Gasteiger charge is 2.51. The van der Waals surface area contributed by atoms with Gasteiger partial charge in [0, 0.05) is 11.6 Å². The fourth-order valence-corrected chi connectivity index (χ4v) is 6.12. The number of amides is 1. The van der Waals surface area contributed by atoms with E-state index in [0.717, 1.165) is 42.6 Å². The third-order valence-corrected chi connectivity index (χ3v) is 6.99. The molecule has 0 unspecified atom stereocenters. The van der Waals surface area contributed by atoms with Crippen LogP contribution in [-0.4, -0.2) is 37.2 Å². The summed E-state index contributed by atoms with van der Waals surface area (Å²) in [4.78, 5) is 25.1. The fraction of sp³-hybridized carbons (Fsp3) is 0.600. The van der Waals surface area contributed by atoms with Gasteiger partial charge in [-0.1, -0.05) is 6.07 Å². The second-order valence-corrected chi connectivity index (χ2v) is 9.44. The first-order chi connectivity index (χ1) is 14.9. The van der Waals surface area contributed by atoms with Gasteiger partial charge in [0.25, 0.3) is 5.91 Å². The molecule has 1 N–H and O–H groups in total. The van der Waals surface area contributed by atoms with Crippen LogP contribution in [0.5, 0.6) is 11.5 Å². The van der Waals surface area contributed by atoms with Gasteiger partial charge in [-0.05, 0) is 93.9 Å². The maximum Gasteiger partial charge on any atom is 0.331 e. The topological polar surface area (TPSA) is 73.9 Å². The second-order valence-electron chi connectivity index (χ2n) is 9.44. The number of methoxy groups -OCH3 is 1. The van der Waals surface area contributed by atoms with Crippen LogP contribution >= 0.6 is 0 Å². The van der Waals surface area contributed by atoms with E-state index in [1.54, 1.807) is 32.2 Å². The van der Waals surface area contributed by atoms with Gasteiger partial charge in [-0.15, -0.1) is 0 Å². The van der Waals surface area contributed by atoms with Crippen LogP contribution in [0.3, 0.4) is 0 Å². The van der Waals surface area contributed by atoms with Gasteiger partial charge >= 0.3 is 5.97 Å². The molecule has 5 rings (SSSR count). The van der Waals surface area contributed by atoms with Gasteiger partial charge in [0.15, 0.2) is 17.6 Å². The van der Waals surface area contributed by atoms with E-state index < -0.39 is 12.1 Å². The zero-order valence-electron chi connectivity index (χ0n) is 18.7. The summed E-state index contributed by atoms with van der Waals surface area (Å²) in [6, 6.07) is 5.42. The molecule has 4 fully saturated rings. The molecule has 6 nitrogen and oxygen atoms in total. The molecule has 0 radical (unpaired) electrons. The molecule has 0 aromatic heterocycles. The van der Waals surface area contributed by atoms with E-state index in [0.29, 0.717) is 18.1 Å². The molecular weight excluding hydrogens is 394 g/mol. The van der Waals surface area contributed by atoms with Crippen molar-refractivity contribution in [1.82, 2.24) is 5.32 Å². The van der Waals surface area contributed by atoms with Gasteiger partial charge in [0.2, 0.25) is 0 Å². The molecule has 1 amide bonds. The summed E-state index contributed by atoms with van der Waals surface area (Å²) >= 11 is 0. The van der Waals surface area contributed by atoms with Crippen molar-refractivity contribution in [1.29, 1.82) is 0 Å². The lowest BCUT2D eigenvalue weighted by atomic mass is 9.53. The Bertz CT molecular complexity index is 826. The van der Waals surface area contributed by atoms with Crippen molar-refractivity contribution in [2.75, 3.05) is 13.7 Å². The lowest BCUT2D eigenvalue weighted by Gasteiger charge is -2.57.